The molecule has 1 aliphatic heterocycles. The standard InChI is InChI=1S/C17H16N4O2/c1-3-23-17(22)14-11(2)20-16-13(9-18)10-19-21(16)15(14)12-7-5-4-6-8-12/h4-8,10,15,20H,3H2,1-2H3. The Hall–Kier alpha value is -3.07. The molecule has 1 aliphatic rings. The average Bonchev–Trinajstić information content (AvgIpc) is 2.97. The number of nitriles is 1. The number of anilines is 1. The van der Waals surface area contributed by atoms with Crippen LogP contribution in [-0.4, -0.2) is 22.4 Å². The molecule has 0 aliphatic carbocycles. The van der Waals surface area contributed by atoms with Crippen LogP contribution in [0.5, 0.6) is 0 Å². The second kappa shape index (κ2) is 5.97. The van der Waals surface area contributed by atoms with Crippen LogP contribution in [0.1, 0.15) is 31.0 Å². The van der Waals surface area contributed by atoms with E-state index in [0.29, 0.717) is 29.3 Å². The van der Waals surface area contributed by atoms with Crippen LogP contribution in [0.4, 0.5) is 5.82 Å². The van der Waals surface area contributed by atoms with Crippen molar-refractivity contribution in [1.82, 2.24) is 9.78 Å². The van der Waals surface area contributed by atoms with Crippen molar-refractivity contribution in [3.8, 4) is 6.07 Å². The summed E-state index contributed by atoms with van der Waals surface area (Å²) in [6, 6.07) is 11.3. The fourth-order valence-electron chi connectivity index (χ4n) is 2.75. The molecule has 0 fully saturated rings. The van der Waals surface area contributed by atoms with Crippen LogP contribution in [0, 0.1) is 11.3 Å². The molecule has 1 aromatic carbocycles. The topological polar surface area (TPSA) is 79.9 Å². The molecule has 0 amide bonds. The van der Waals surface area contributed by atoms with Crippen LogP contribution in [-0.2, 0) is 9.53 Å². The lowest BCUT2D eigenvalue weighted by molar-refractivity contribution is -0.139. The van der Waals surface area contributed by atoms with E-state index in [1.807, 2.05) is 30.3 Å². The van der Waals surface area contributed by atoms with E-state index in [1.54, 1.807) is 18.5 Å². The van der Waals surface area contributed by atoms with E-state index in [4.69, 9.17) is 4.74 Å². The van der Waals surface area contributed by atoms with Crippen LogP contribution < -0.4 is 5.32 Å². The average molecular weight is 308 g/mol. The Kier molecular flexibility index (Phi) is 3.85. The maximum Gasteiger partial charge on any atom is 0.338 e. The third-order valence-corrected chi connectivity index (χ3v) is 3.75. The van der Waals surface area contributed by atoms with Crippen molar-refractivity contribution in [2.75, 3.05) is 11.9 Å². The van der Waals surface area contributed by atoms with Gasteiger partial charge >= 0.3 is 5.97 Å². The summed E-state index contributed by atoms with van der Waals surface area (Å²) in [6.07, 6.45) is 1.50. The molecular formula is C17H16N4O2. The maximum atomic E-state index is 12.5. The van der Waals surface area contributed by atoms with Gasteiger partial charge in [0.2, 0.25) is 0 Å². The zero-order chi connectivity index (χ0) is 16.4. The smallest absolute Gasteiger partial charge is 0.338 e. The predicted molar refractivity (Wildman–Crippen MR) is 84.5 cm³/mol. The lowest BCUT2D eigenvalue weighted by Crippen LogP contribution is -2.29. The first-order valence-electron chi connectivity index (χ1n) is 7.34. The summed E-state index contributed by atoms with van der Waals surface area (Å²) in [5.74, 6) is 0.206. The van der Waals surface area contributed by atoms with Crippen molar-refractivity contribution in [2.24, 2.45) is 0 Å². The number of rotatable bonds is 3. The van der Waals surface area contributed by atoms with Gasteiger partial charge in [0.1, 0.15) is 23.5 Å². The summed E-state index contributed by atoms with van der Waals surface area (Å²) < 4.78 is 6.87. The van der Waals surface area contributed by atoms with Crippen LogP contribution in [0.3, 0.4) is 0 Å². The van der Waals surface area contributed by atoms with E-state index in [9.17, 15) is 10.1 Å². The monoisotopic (exact) mass is 308 g/mol. The quantitative estimate of drug-likeness (QED) is 0.882. The summed E-state index contributed by atoms with van der Waals surface area (Å²) in [5.41, 5.74) is 2.51. The Morgan fingerprint density at radius 3 is 2.83 bits per heavy atom. The number of nitrogens with zero attached hydrogens (tertiary/aromatic N) is 3. The molecule has 0 bridgehead atoms. The Bertz CT molecular complexity index is 815. The van der Waals surface area contributed by atoms with Gasteiger partial charge in [-0.2, -0.15) is 10.4 Å². The lowest BCUT2D eigenvalue weighted by atomic mass is 9.95. The number of nitrogens with one attached hydrogen (secondary N) is 1. The first-order valence-corrected chi connectivity index (χ1v) is 7.34. The zero-order valence-corrected chi connectivity index (χ0v) is 12.9. The number of esters is 1. The van der Waals surface area contributed by atoms with Crippen molar-refractivity contribution in [3.05, 3.63) is 58.9 Å². The SMILES string of the molecule is CCOC(=O)C1=C(C)Nc2c(C#N)cnn2C1c1ccccc1. The van der Waals surface area contributed by atoms with E-state index < -0.39 is 6.04 Å². The number of allylic oxidation sites excluding steroid dienone is 1. The third kappa shape index (κ3) is 2.46. The molecule has 0 saturated heterocycles. The molecule has 6 heteroatoms. The van der Waals surface area contributed by atoms with E-state index in [-0.39, 0.29) is 5.97 Å². The van der Waals surface area contributed by atoms with Gasteiger partial charge in [-0.3, -0.25) is 0 Å². The van der Waals surface area contributed by atoms with Gasteiger partial charge in [-0.05, 0) is 19.4 Å². The molecule has 0 radical (unpaired) electrons. The van der Waals surface area contributed by atoms with Gasteiger partial charge in [-0.25, -0.2) is 9.48 Å². The molecule has 1 atom stereocenters. The highest BCUT2D eigenvalue weighted by Crippen LogP contribution is 2.37. The second-order valence-electron chi connectivity index (χ2n) is 5.16. The molecule has 116 valence electrons. The molecule has 0 spiro atoms. The summed E-state index contributed by atoms with van der Waals surface area (Å²) in [6.45, 7) is 3.88. The number of aromatic nitrogens is 2. The molecular weight excluding hydrogens is 292 g/mol. The van der Waals surface area contributed by atoms with Crippen LogP contribution in [0.15, 0.2) is 47.8 Å². The molecule has 1 unspecified atom stereocenters. The third-order valence-electron chi connectivity index (χ3n) is 3.75. The summed E-state index contributed by atoms with van der Waals surface area (Å²) in [5, 5.41) is 16.6. The van der Waals surface area contributed by atoms with Crippen molar-refractivity contribution < 1.29 is 9.53 Å². The molecule has 23 heavy (non-hydrogen) atoms. The first-order chi connectivity index (χ1) is 11.2. The summed E-state index contributed by atoms with van der Waals surface area (Å²) in [4.78, 5) is 12.5. The zero-order valence-electron chi connectivity index (χ0n) is 12.9. The Balaban J connectivity index is 2.19. The van der Waals surface area contributed by atoms with Gasteiger partial charge in [-0.15, -0.1) is 0 Å². The summed E-state index contributed by atoms with van der Waals surface area (Å²) in [7, 11) is 0. The molecule has 3 rings (SSSR count). The van der Waals surface area contributed by atoms with E-state index in [2.05, 4.69) is 16.5 Å². The van der Waals surface area contributed by atoms with Gasteiger partial charge in [0, 0.05) is 5.70 Å². The van der Waals surface area contributed by atoms with Gasteiger partial charge in [0.05, 0.1) is 18.4 Å². The van der Waals surface area contributed by atoms with Crippen molar-refractivity contribution in [3.63, 3.8) is 0 Å². The van der Waals surface area contributed by atoms with Gasteiger partial charge in [0.15, 0.2) is 0 Å². The molecule has 2 aromatic rings. The molecule has 6 nitrogen and oxygen atoms in total. The minimum atomic E-state index is -0.423. The van der Waals surface area contributed by atoms with Crippen molar-refractivity contribution >= 4 is 11.8 Å². The minimum absolute atomic E-state index is 0.298. The first kappa shape index (κ1) is 14.9. The van der Waals surface area contributed by atoms with Crippen molar-refractivity contribution in [2.45, 2.75) is 19.9 Å². The summed E-state index contributed by atoms with van der Waals surface area (Å²) >= 11 is 0. The van der Waals surface area contributed by atoms with E-state index >= 15 is 0 Å². The predicted octanol–water partition coefficient (Wildman–Crippen LogP) is 2.61. The Morgan fingerprint density at radius 1 is 1.43 bits per heavy atom. The minimum Gasteiger partial charge on any atom is -0.463 e. The Labute approximate surface area is 134 Å². The molecule has 2 heterocycles. The highest BCUT2D eigenvalue weighted by Gasteiger charge is 2.34. The normalized spacial score (nSPS) is 16.3. The maximum absolute atomic E-state index is 12.5. The second-order valence-corrected chi connectivity index (χ2v) is 5.16. The molecule has 1 N–H and O–H groups in total. The van der Waals surface area contributed by atoms with Crippen molar-refractivity contribution in [1.29, 1.82) is 5.26 Å². The molecule has 0 saturated carbocycles. The van der Waals surface area contributed by atoms with E-state index in [1.165, 1.54) is 6.20 Å². The number of hydrogen-bond acceptors (Lipinski definition) is 5. The largest absolute Gasteiger partial charge is 0.463 e. The van der Waals surface area contributed by atoms with Crippen LogP contribution >= 0.6 is 0 Å². The van der Waals surface area contributed by atoms with Crippen LogP contribution in [0.2, 0.25) is 0 Å². The highest BCUT2D eigenvalue weighted by molar-refractivity contribution is 5.92. The molecule has 1 aromatic heterocycles. The number of fused-ring (bicyclic) bond motifs is 1. The fraction of sp³-hybridized carbons (Fsp3) is 0.235. The number of hydrogen-bond donors (Lipinski definition) is 1. The van der Waals surface area contributed by atoms with E-state index in [0.717, 1.165) is 5.56 Å². The Morgan fingerprint density at radius 2 is 2.17 bits per heavy atom. The number of benzene rings is 1. The number of carbonyl (C=O) groups excluding carboxylic acids is 1. The lowest BCUT2D eigenvalue weighted by Gasteiger charge is -2.29. The number of ether oxygens (including phenoxy) is 1. The number of carbonyl (C=O) groups is 1. The van der Waals surface area contributed by atoms with Gasteiger partial charge < -0.3 is 10.1 Å². The van der Waals surface area contributed by atoms with Gasteiger partial charge in [-0.1, -0.05) is 30.3 Å². The fourth-order valence-corrected chi connectivity index (χ4v) is 2.75. The van der Waals surface area contributed by atoms with Crippen LogP contribution in [0.25, 0.3) is 0 Å². The van der Waals surface area contributed by atoms with Gasteiger partial charge in [0.25, 0.3) is 0 Å². The highest BCUT2D eigenvalue weighted by atomic mass is 16.5.